The summed E-state index contributed by atoms with van der Waals surface area (Å²) in [5.74, 6) is 0.0144. The summed E-state index contributed by atoms with van der Waals surface area (Å²) in [6.45, 7) is 0.288. The Bertz CT molecular complexity index is 626. The van der Waals surface area contributed by atoms with Crippen molar-refractivity contribution in [2.24, 2.45) is 7.05 Å². The topological polar surface area (TPSA) is 59.0 Å². The predicted molar refractivity (Wildman–Crippen MR) is 89.2 cm³/mol. The number of nitrogens with zero attached hydrogens (tertiary/aromatic N) is 2. The second-order valence-electron chi connectivity index (χ2n) is 5.40. The summed E-state index contributed by atoms with van der Waals surface area (Å²) >= 11 is 0. The highest BCUT2D eigenvalue weighted by molar-refractivity contribution is 5.85. The van der Waals surface area contributed by atoms with Crippen molar-refractivity contribution < 1.29 is 4.79 Å². The van der Waals surface area contributed by atoms with Crippen molar-refractivity contribution in [2.45, 2.75) is 25.3 Å². The van der Waals surface area contributed by atoms with Crippen molar-refractivity contribution in [3.8, 4) is 0 Å². The molecule has 1 aromatic heterocycles. The first-order chi connectivity index (χ1) is 10.2. The molecule has 1 aliphatic carbocycles. The molecule has 22 heavy (non-hydrogen) atoms. The van der Waals surface area contributed by atoms with E-state index in [2.05, 4.69) is 15.7 Å². The van der Waals surface area contributed by atoms with Crippen LogP contribution < -0.4 is 10.6 Å². The molecule has 0 saturated carbocycles. The average Bonchev–Trinajstić information content (AvgIpc) is 2.89. The van der Waals surface area contributed by atoms with Crippen LogP contribution in [0, 0.1) is 0 Å². The van der Waals surface area contributed by atoms with Gasteiger partial charge in [-0.2, -0.15) is 5.10 Å². The molecule has 1 unspecified atom stereocenters. The van der Waals surface area contributed by atoms with Crippen LogP contribution in [-0.4, -0.2) is 22.2 Å². The van der Waals surface area contributed by atoms with Gasteiger partial charge >= 0.3 is 0 Å². The highest BCUT2D eigenvalue weighted by atomic mass is 35.5. The van der Waals surface area contributed by atoms with Gasteiger partial charge in [0.15, 0.2) is 0 Å². The van der Waals surface area contributed by atoms with E-state index in [1.165, 1.54) is 5.69 Å². The minimum atomic E-state index is 0. The van der Waals surface area contributed by atoms with Crippen LogP contribution >= 0.6 is 12.4 Å². The summed E-state index contributed by atoms with van der Waals surface area (Å²) < 4.78 is 1.91. The summed E-state index contributed by atoms with van der Waals surface area (Å²) in [6.07, 6.45) is 4.99. The summed E-state index contributed by atoms with van der Waals surface area (Å²) in [7, 11) is 1.96. The lowest BCUT2D eigenvalue weighted by Crippen LogP contribution is -2.34. The van der Waals surface area contributed by atoms with Crippen molar-refractivity contribution in [1.29, 1.82) is 0 Å². The molecular formula is C16H21ClN4O. The molecule has 2 aromatic rings. The molecule has 3 rings (SSSR count). The van der Waals surface area contributed by atoms with Gasteiger partial charge in [-0.25, -0.2) is 0 Å². The lowest BCUT2D eigenvalue weighted by atomic mass is 9.93. The number of benzene rings is 1. The van der Waals surface area contributed by atoms with Crippen LogP contribution in [-0.2, 0) is 18.3 Å². The number of hydrogen-bond donors (Lipinski definition) is 2. The van der Waals surface area contributed by atoms with Crippen LogP contribution in [0.5, 0.6) is 0 Å². The van der Waals surface area contributed by atoms with Crippen LogP contribution in [0.15, 0.2) is 36.5 Å². The van der Waals surface area contributed by atoms with Crippen molar-refractivity contribution >= 4 is 24.0 Å². The fourth-order valence-corrected chi connectivity index (χ4v) is 2.84. The number of aryl methyl sites for hydroxylation is 1. The Labute approximate surface area is 136 Å². The molecule has 0 radical (unpaired) electrons. The van der Waals surface area contributed by atoms with Gasteiger partial charge in [0, 0.05) is 24.0 Å². The zero-order valence-electron chi connectivity index (χ0n) is 12.6. The van der Waals surface area contributed by atoms with Gasteiger partial charge in [-0.3, -0.25) is 9.48 Å². The van der Waals surface area contributed by atoms with E-state index in [0.717, 1.165) is 30.5 Å². The van der Waals surface area contributed by atoms with E-state index in [9.17, 15) is 4.79 Å². The van der Waals surface area contributed by atoms with E-state index >= 15 is 0 Å². The molecule has 0 fully saturated rings. The molecule has 0 saturated heterocycles. The normalized spacial score (nSPS) is 16.3. The molecule has 0 spiro atoms. The number of anilines is 1. The van der Waals surface area contributed by atoms with Crippen molar-refractivity contribution in [3.63, 3.8) is 0 Å². The molecule has 5 nitrogen and oxygen atoms in total. The highest BCUT2D eigenvalue weighted by Crippen LogP contribution is 2.28. The number of para-hydroxylation sites is 1. The van der Waals surface area contributed by atoms with Gasteiger partial charge in [0.1, 0.15) is 0 Å². The zero-order chi connectivity index (χ0) is 14.7. The van der Waals surface area contributed by atoms with Crippen LogP contribution in [0.4, 0.5) is 5.69 Å². The third-order valence-electron chi connectivity index (χ3n) is 3.94. The number of nitrogens with one attached hydrogen (secondary N) is 2. The number of aromatic nitrogens is 2. The molecule has 1 amide bonds. The molecule has 1 heterocycles. The standard InChI is InChI=1S/C16H20N4O.ClH/c1-20-15-9-5-8-14(13(15)10-18-20)19-16(21)11-17-12-6-3-2-4-7-12;/h2-4,6-7,10,14,17H,5,8-9,11H2,1H3,(H,19,21);1H. The summed E-state index contributed by atoms with van der Waals surface area (Å²) in [5.41, 5.74) is 3.36. The maximum absolute atomic E-state index is 12.1. The molecular weight excluding hydrogens is 300 g/mol. The number of amides is 1. The van der Waals surface area contributed by atoms with Crippen LogP contribution in [0.1, 0.15) is 30.1 Å². The van der Waals surface area contributed by atoms with E-state index in [4.69, 9.17) is 0 Å². The quantitative estimate of drug-likeness (QED) is 0.909. The third-order valence-corrected chi connectivity index (χ3v) is 3.94. The van der Waals surface area contributed by atoms with Gasteiger partial charge in [0.05, 0.1) is 18.8 Å². The first kappa shape index (κ1) is 16.4. The molecule has 6 heteroatoms. The third kappa shape index (κ3) is 3.60. The first-order valence-corrected chi connectivity index (χ1v) is 7.33. The fraction of sp³-hybridized carbons (Fsp3) is 0.375. The summed E-state index contributed by atoms with van der Waals surface area (Å²) in [4.78, 5) is 12.1. The second kappa shape index (κ2) is 7.31. The Morgan fingerprint density at radius 2 is 2.14 bits per heavy atom. The number of carbonyl (C=O) groups excluding carboxylic acids is 1. The van der Waals surface area contributed by atoms with Gasteiger partial charge in [0.2, 0.25) is 5.91 Å². The zero-order valence-corrected chi connectivity index (χ0v) is 13.4. The SMILES string of the molecule is Cl.Cn1ncc2c1CCCC2NC(=O)CNc1ccccc1. The van der Waals surface area contributed by atoms with E-state index in [1.54, 1.807) is 0 Å². The average molecular weight is 321 g/mol. The first-order valence-electron chi connectivity index (χ1n) is 7.33. The Balaban J connectivity index is 0.00000176. The Morgan fingerprint density at radius 3 is 2.91 bits per heavy atom. The number of halogens is 1. The molecule has 1 atom stereocenters. The lowest BCUT2D eigenvalue weighted by molar-refractivity contribution is -0.120. The van der Waals surface area contributed by atoms with Crippen molar-refractivity contribution in [2.75, 3.05) is 11.9 Å². The summed E-state index contributed by atoms with van der Waals surface area (Å²) in [5, 5.41) is 10.5. The monoisotopic (exact) mass is 320 g/mol. The minimum Gasteiger partial charge on any atom is -0.376 e. The Morgan fingerprint density at radius 1 is 1.36 bits per heavy atom. The van der Waals surface area contributed by atoms with Crippen LogP contribution in [0.2, 0.25) is 0 Å². The molecule has 118 valence electrons. The van der Waals surface area contributed by atoms with E-state index < -0.39 is 0 Å². The maximum atomic E-state index is 12.1. The van der Waals surface area contributed by atoms with Crippen molar-refractivity contribution in [1.82, 2.24) is 15.1 Å². The number of carbonyl (C=O) groups is 1. The van der Waals surface area contributed by atoms with E-state index in [-0.39, 0.29) is 30.9 Å². The highest BCUT2D eigenvalue weighted by Gasteiger charge is 2.24. The lowest BCUT2D eigenvalue weighted by Gasteiger charge is -2.24. The van der Waals surface area contributed by atoms with Gasteiger partial charge < -0.3 is 10.6 Å². The van der Waals surface area contributed by atoms with Gasteiger partial charge in [-0.1, -0.05) is 18.2 Å². The number of rotatable bonds is 4. The van der Waals surface area contributed by atoms with E-state index in [1.807, 2.05) is 48.3 Å². The Kier molecular flexibility index (Phi) is 5.44. The van der Waals surface area contributed by atoms with Crippen LogP contribution in [0.25, 0.3) is 0 Å². The number of hydrogen-bond acceptors (Lipinski definition) is 3. The molecule has 1 aliphatic rings. The van der Waals surface area contributed by atoms with Crippen molar-refractivity contribution in [3.05, 3.63) is 47.8 Å². The molecule has 0 bridgehead atoms. The Hall–Kier alpha value is -2.01. The smallest absolute Gasteiger partial charge is 0.239 e. The fourth-order valence-electron chi connectivity index (χ4n) is 2.84. The minimum absolute atomic E-state index is 0. The van der Waals surface area contributed by atoms with Gasteiger partial charge in [-0.05, 0) is 31.4 Å². The molecule has 1 aromatic carbocycles. The predicted octanol–water partition coefficient (Wildman–Crippen LogP) is 2.45. The second-order valence-corrected chi connectivity index (χ2v) is 5.40. The van der Waals surface area contributed by atoms with Crippen LogP contribution in [0.3, 0.4) is 0 Å². The van der Waals surface area contributed by atoms with Gasteiger partial charge in [-0.15, -0.1) is 12.4 Å². The molecule has 2 N–H and O–H groups in total. The van der Waals surface area contributed by atoms with E-state index in [0.29, 0.717) is 0 Å². The maximum Gasteiger partial charge on any atom is 0.239 e. The van der Waals surface area contributed by atoms with Gasteiger partial charge in [0.25, 0.3) is 0 Å². The molecule has 0 aliphatic heterocycles. The summed E-state index contributed by atoms with van der Waals surface area (Å²) in [6, 6.07) is 9.84. The number of fused-ring (bicyclic) bond motifs is 1. The largest absolute Gasteiger partial charge is 0.376 e.